The van der Waals surface area contributed by atoms with Gasteiger partial charge in [-0.2, -0.15) is 4.31 Å². The Balaban J connectivity index is 1.62. The predicted octanol–water partition coefficient (Wildman–Crippen LogP) is 6.16. The smallest absolute Gasteiger partial charge is 0.243 e. The van der Waals surface area contributed by atoms with E-state index < -0.39 is 10.0 Å². The molecule has 2 aliphatic rings. The Morgan fingerprint density at radius 1 is 0.857 bits per heavy atom. The molecule has 2 N–H and O–H groups in total. The van der Waals surface area contributed by atoms with Gasteiger partial charge in [0.2, 0.25) is 10.0 Å². The summed E-state index contributed by atoms with van der Waals surface area (Å²) in [6, 6.07) is 13.6. The molecule has 2 heterocycles. The third-order valence-corrected chi connectivity index (χ3v) is 9.52. The van der Waals surface area contributed by atoms with Gasteiger partial charge in [0.25, 0.3) is 0 Å². The van der Waals surface area contributed by atoms with Crippen molar-refractivity contribution in [3.63, 3.8) is 0 Å². The number of anilines is 3. The van der Waals surface area contributed by atoms with Crippen molar-refractivity contribution >= 4 is 56.2 Å². The minimum Gasteiger partial charge on any atom is -0.370 e. The average Bonchev–Trinajstić information content (AvgIpc) is 3.30. The van der Waals surface area contributed by atoms with Crippen LogP contribution in [0.3, 0.4) is 0 Å². The van der Waals surface area contributed by atoms with Crippen LogP contribution in [-0.4, -0.2) is 50.3 Å². The van der Waals surface area contributed by atoms with E-state index in [4.69, 9.17) is 12.2 Å². The number of thiocarbonyl (C=S) groups is 1. The van der Waals surface area contributed by atoms with Crippen molar-refractivity contribution in [2.75, 3.05) is 48.0 Å². The van der Waals surface area contributed by atoms with E-state index in [1.54, 1.807) is 28.2 Å². The highest BCUT2D eigenvalue weighted by Crippen LogP contribution is 2.33. The molecule has 2 saturated heterocycles. The van der Waals surface area contributed by atoms with E-state index in [-0.39, 0.29) is 0 Å². The first-order valence-corrected chi connectivity index (χ1v) is 15.7. The zero-order valence-corrected chi connectivity index (χ0v) is 22.9. The summed E-state index contributed by atoms with van der Waals surface area (Å²) in [5.41, 5.74) is 2.64. The summed E-state index contributed by atoms with van der Waals surface area (Å²) < 4.78 is 28.7. The topological polar surface area (TPSA) is 64.7 Å². The van der Waals surface area contributed by atoms with Gasteiger partial charge in [0.1, 0.15) is 0 Å². The molecule has 0 aliphatic carbocycles. The molecule has 0 aromatic heterocycles. The number of thioether (sulfide) groups is 1. The third-order valence-electron chi connectivity index (χ3n) is 6.69. The highest BCUT2D eigenvalue weighted by molar-refractivity contribution is 7.98. The van der Waals surface area contributed by atoms with E-state index in [1.165, 1.54) is 12.8 Å². The third kappa shape index (κ3) is 6.90. The molecule has 0 unspecified atom stereocenters. The van der Waals surface area contributed by atoms with Crippen molar-refractivity contribution in [3.05, 3.63) is 42.5 Å². The van der Waals surface area contributed by atoms with E-state index in [9.17, 15) is 8.42 Å². The number of rotatable bonds is 6. The van der Waals surface area contributed by atoms with Crippen molar-refractivity contribution in [1.82, 2.24) is 4.31 Å². The zero-order valence-electron chi connectivity index (χ0n) is 20.5. The quantitative estimate of drug-likeness (QED) is 0.341. The van der Waals surface area contributed by atoms with Crippen LogP contribution < -0.4 is 15.5 Å². The van der Waals surface area contributed by atoms with Gasteiger partial charge in [0.05, 0.1) is 16.3 Å². The SMILES string of the molecule is CSc1cccc(NC(=S)Nc2cc(S(=O)(=O)N3CCCCCC3)ccc2N2CCCCCC2)c1. The second-order valence-electron chi connectivity index (χ2n) is 9.21. The standard InChI is InChI=1S/C26H36N4O2S3/c1-34-22-12-10-11-21(19-22)27-26(33)28-24-20-23(35(31,32)30-17-8-4-5-9-18-30)13-14-25(24)29-15-6-2-3-7-16-29/h10-14,19-20H,2-9,15-18H2,1H3,(H2,27,28,33). The van der Waals surface area contributed by atoms with Crippen LogP contribution in [-0.2, 0) is 10.0 Å². The van der Waals surface area contributed by atoms with Gasteiger partial charge in [-0.15, -0.1) is 11.8 Å². The molecule has 4 rings (SSSR count). The van der Waals surface area contributed by atoms with Crippen molar-refractivity contribution in [2.24, 2.45) is 0 Å². The normalized spacial score (nSPS) is 17.9. The minimum atomic E-state index is -3.56. The Bertz CT molecular complexity index is 1110. The van der Waals surface area contributed by atoms with Gasteiger partial charge in [-0.1, -0.05) is 31.7 Å². The summed E-state index contributed by atoms with van der Waals surface area (Å²) in [4.78, 5) is 3.83. The van der Waals surface area contributed by atoms with E-state index in [0.29, 0.717) is 23.1 Å². The molecule has 6 nitrogen and oxygen atoms in total. The Hall–Kier alpha value is -1.81. The van der Waals surface area contributed by atoms with Gasteiger partial charge >= 0.3 is 0 Å². The van der Waals surface area contributed by atoms with Crippen LogP contribution in [0.2, 0.25) is 0 Å². The monoisotopic (exact) mass is 532 g/mol. The molecule has 9 heteroatoms. The van der Waals surface area contributed by atoms with Crippen molar-refractivity contribution in [2.45, 2.75) is 61.2 Å². The van der Waals surface area contributed by atoms with Crippen LogP contribution in [0, 0.1) is 0 Å². The lowest BCUT2D eigenvalue weighted by atomic mass is 10.2. The summed E-state index contributed by atoms with van der Waals surface area (Å²) in [6.45, 7) is 3.10. The number of sulfonamides is 1. The summed E-state index contributed by atoms with van der Waals surface area (Å²) in [5.74, 6) is 0. The molecule has 2 aliphatic heterocycles. The molecule has 2 fully saturated rings. The molecule has 2 aromatic carbocycles. The van der Waals surface area contributed by atoms with Crippen LogP contribution in [0.4, 0.5) is 17.1 Å². The highest BCUT2D eigenvalue weighted by Gasteiger charge is 2.27. The lowest BCUT2D eigenvalue weighted by molar-refractivity contribution is 0.424. The molecular weight excluding hydrogens is 497 g/mol. The minimum absolute atomic E-state index is 0.327. The van der Waals surface area contributed by atoms with Gasteiger partial charge in [0.15, 0.2) is 5.11 Å². The molecule has 0 amide bonds. The Morgan fingerprint density at radius 2 is 1.51 bits per heavy atom. The van der Waals surface area contributed by atoms with Gasteiger partial charge in [0, 0.05) is 36.8 Å². The predicted molar refractivity (Wildman–Crippen MR) is 152 cm³/mol. The first-order chi connectivity index (χ1) is 17.0. The van der Waals surface area contributed by atoms with Crippen LogP contribution >= 0.6 is 24.0 Å². The lowest BCUT2D eigenvalue weighted by Crippen LogP contribution is -2.32. The fourth-order valence-corrected chi connectivity index (χ4v) is 7.01. The fraction of sp³-hybridized carbons (Fsp3) is 0.500. The average molecular weight is 533 g/mol. The summed E-state index contributed by atoms with van der Waals surface area (Å²) >= 11 is 7.33. The molecule has 0 atom stereocenters. The van der Waals surface area contributed by atoms with Crippen molar-refractivity contribution < 1.29 is 8.42 Å². The van der Waals surface area contributed by atoms with E-state index in [2.05, 4.69) is 27.7 Å². The molecule has 0 saturated carbocycles. The van der Waals surface area contributed by atoms with Gasteiger partial charge < -0.3 is 15.5 Å². The molecule has 0 bridgehead atoms. The zero-order chi connectivity index (χ0) is 24.7. The number of nitrogens with zero attached hydrogens (tertiary/aromatic N) is 2. The summed E-state index contributed by atoms with van der Waals surface area (Å²) in [7, 11) is -3.56. The van der Waals surface area contributed by atoms with Crippen LogP contribution in [0.5, 0.6) is 0 Å². The van der Waals surface area contributed by atoms with Crippen LogP contribution in [0.1, 0.15) is 51.4 Å². The Kier molecular flexibility index (Phi) is 9.33. The number of benzene rings is 2. The van der Waals surface area contributed by atoms with E-state index in [0.717, 1.165) is 73.6 Å². The summed E-state index contributed by atoms with van der Waals surface area (Å²) in [5, 5.41) is 7.04. The molecule has 35 heavy (non-hydrogen) atoms. The van der Waals surface area contributed by atoms with E-state index >= 15 is 0 Å². The maximum atomic E-state index is 13.5. The van der Waals surface area contributed by atoms with Crippen LogP contribution in [0.15, 0.2) is 52.3 Å². The highest BCUT2D eigenvalue weighted by atomic mass is 32.2. The molecular formula is C26H36N4O2S3. The van der Waals surface area contributed by atoms with Crippen molar-refractivity contribution in [1.29, 1.82) is 0 Å². The molecule has 0 spiro atoms. The Morgan fingerprint density at radius 3 is 2.17 bits per heavy atom. The number of hydrogen-bond acceptors (Lipinski definition) is 5. The molecule has 190 valence electrons. The maximum absolute atomic E-state index is 13.5. The Labute approximate surface area is 219 Å². The summed E-state index contributed by atoms with van der Waals surface area (Å²) in [6.07, 6.45) is 10.8. The largest absolute Gasteiger partial charge is 0.370 e. The fourth-order valence-electron chi connectivity index (χ4n) is 4.78. The lowest BCUT2D eigenvalue weighted by Gasteiger charge is -2.27. The van der Waals surface area contributed by atoms with Gasteiger partial charge in [-0.05, 0) is 80.6 Å². The molecule has 0 radical (unpaired) electrons. The molecule has 2 aromatic rings. The maximum Gasteiger partial charge on any atom is 0.243 e. The second-order valence-corrected chi connectivity index (χ2v) is 12.4. The second kappa shape index (κ2) is 12.4. The number of nitrogens with one attached hydrogen (secondary N) is 2. The first kappa shape index (κ1) is 26.3. The van der Waals surface area contributed by atoms with Gasteiger partial charge in [-0.25, -0.2) is 8.42 Å². The number of hydrogen-bond donors (Lipinski definition) is 2. The van der Waals surface area contributed by atoms with Crippen molar-refractivity contribution in [3.8, 4) is 0 Å². The van der Waals surface area contributed by atoms with E-state index in [1.807, 2.05) is 24.5 Å². The van der Waals surface area contributed by atoms with Gasteiger partial charge in [-0.3, -0.25) is 0 Å². The first-order valence-electron chi connectivity index (χ1n) is 12.6. The van der Waals surface area contributed by atoms with Crippen LogP contribution in [0.25, 0.3) is 0 Å².